The minimum Gasteiger partial charge on any atom is -0.320 e. The van der Waals surface area contributed by atoms with Gasteiger partial charge in [0.1, 0.15) is 4.90 Å². The average molecular weight is 433 g/mol. The number of rotatable bonds is 4. The highest BCUT2D eigenvalue weighted by atomic mass is 35.5. The van der Waals surface area contributed by atoms with E-state index in [1.54, 1.807) is 6.07 Å². The van der Waals surface area contributed by atoms with Crippen LogP contribution in [0.15, 0.2) is 27.5 Å². The molecule has 26 heavy (non-hydrogen) atoms. The summed E-state index contributed by atoms with van der Waals surface area (Å²) < 4.78 is 32.0. The molecule has 1 aliphatic carbocycles. The van der Waals surface area contributed by atoms with Gasteiger partial charge in [-0.15, -0.1) is 15.7 Å². The molecule has 4 nitrogen and oxygen atoms in total. The Labute approximate surface area is 168 Å². The molecule has 0 unspecified atom stereocenters. The highest BCUT2D eigenvalue weighted by Crippen LogP contribution is 2.34. The van der Waals surface area contributed by atoms with Crippen molar-refractivity contribution in [1.29, 1.82) is 0 Å². The van der Waals surface area contributed by atoms with E-state index in [0.29, 0.717) is 10.7 Å². The van der Waals surface area contributed by atoms with Crippen LogP contribution in [-0.2, 0) is 22.0 Å². The van der Waals surface area contributed by atoms with Crippen molar-refractivity contribution in [3.05, 3.63) is 43.6 Å². The van der Waals surface area contributed by atoms with Crippen molar-refractivity contribution in [2.24, 2.45) is 10.3 Å². The monoisotopic (exact) mass is 432 g/mol. The lowest BCUT2D eigenvalue weighted by Gasteiger charge is -2.17. The van der Waals surface area contributed by atoms with E-state index in [0.717, 1.165) is 17.1 Å². The largest absolute Gasteiger partial charge is 0.320 e. The van der Waals surface area contributed by atoms with Gasteiger partial charge in [0.2, 0.25) is 4.80 Å². The first-order valence-electron chi connectivity index (χ1n) is 8.46. The summed E-state index contributed by atoms with van der Waals surface area (Å²) in [4.78, 5) is 1.48. The van der Waals surface area contributed by atoms with Gasteiger partial charge in [-0.25, -0.2) is 0 Å². The molecule has 2 aromatic rings. The SMILES string of the molecule is Cc1c(C(C)(C)C)s/c(=N\S(=O)(=O)c2c(Cl)cccc2Cl)n1CC1CC1. The van der Waals surface area contributed by atoms with Gasteiger partial charge in [0, 0.05) is 17.1 Å². The summed E-state index contributed by atoms with van der Waals surface area (Å²) in [6.45, 7) is 9.19. The van der Waals surface area contributed by atoms with Crippen LogP contribution in [0.25, 0.3) is 0 Å². The Hall–Kier alpha value is -0.820. The Balaban J connectivity index is 2.21. The second-order valence-electron chi connectivity index (χ2n) is 7.72. The summed E-state index contributed by atoms with van der Waals surface area (Å²) in [5.74, 6) is 0.599. The summed E-state index contributed by atoms with van der Waals surface area (Å²) in [5.41, 5.74) is 0.994. The van der Waals surface area contributed by atoms with Gasteiger partial charge in [0.15, 0.2) is 0 Å². The molecule has 142 valence electrons. The molecule has 0 radical (unpaired) electrons. The second-order valence-corrected chi connectivity index (χ2v) is 11.1. The number of sulfonamides is 1. The molecule has 0 saturated heterocycles. The zero-order valence-electron chi connectivity index (χ0n) is 15.2. The van der Waals surface area contributed by atoms with E-state index in [9.17, 15) is 8.42 Å². The Morgan fingerprint density at radius 2 is 1.81 bits per heavy atom. The van der Waals surface area contributed by atoms with E-state index in [4.69, 9.17) is 23.2 Å². The van der Waals surface area contributed by atoms with Crippen molar-refractivity contribution in [1.82, 2.24) is 4.57 Å². The normalized spacial score (nSPS) is 16.3. The number of hydrogen-bond donors (Lipinski definition) is 0. The standard InChI is InChI=1S/C18H22Cl2N2O2S2/c1-11-16(18(2,3)4)25-17(22(11)10-12-8-9-12)21-26(23,24)15-13(19)6-5-7-14(15)20/h5-7,12H,8-10H2,1-4H3/b21-17-. The fourth-order valence-corrected chi connectivity index (χ4v) is 6.42. The Morgan fingerprint density at radius 3 is 2.31 bits per heavy atom. The van der Waals surface area contributed by atoms with E-state index < -0.39 is 10.0 Å². The van der Waals surface area contributed by atoms with Crippen LogP contribution in [-0.4, -0.2) is 13.0 Å². The number of nitrogens with zero attached hydrogens (tertiary/aromatic N) is 2. The van der Waals surface area contributed by atoms with Crippen molar-refractivity contribution >= 4 is 44.6 Å². The summed E-state index contributed by atoms with van der Waals surface area (Å²) in [7, 11) is -4.01. The van der Waals surface area contributed by atoms with E-state index >= 15 is 0 Å². The van der Waals surface area contributed by atoms with Gasteiger partial charge >= 0.3 is 0 Å². The molecular weight excluding hydrogens is 411 g/mol. The van der Waals surface area contributed by atoms with Gasteiger partial charge in [-0.05, 0) is 43.2 Å². The lowest BCUT2D eigenvalue weighted by molar-refractivity contribution is 0.562. The highest BCUT2D eigenvalue weighted by Gasteiger charge is 2.28. The van der Waals surface area contributed by atoms with Crippen LogP contribution < -0.4 is 4.80 Å². The van der Waals surface area contributed by atoms with E-state index in [1.807, 2.05) is 11.5 Å². The number of halogens is 2. The first kappa shape index (κ1) is 19.9. The van der Waals surface area contributed by atoms with Crippen LogP contribution in [0.3, 0.4) is 0 Å². The Morgan fingerprint density at radius 1 is 1.23 bits per heavy atom. The maximum absolute atomic E-state index is 12.9. The van der Waals surface area contributed by atoms with Crippen molar-refractivity contribution in [3.63, 3.8) is 0 Å². The minimum absolute atomic E-state index is 0.0827. The first-order chi connectivity index (χ1) is 12.0. The summed E-state index contributed by atoms with van der Waals surface area (Å²) in [6, 6.07) is 4.63. The van der Waals surface area contributed by atoms with Crippen LogP contribution in [0.1, 0.15) is 44.2 Å². The maximum atomic E-state index is 12.9. The van der Waals surface area contributed by atoms with Crippen molar-refractivity contribution < 1.29 is 8.42 Å². The molecule has 1 heterocycles. The predicted molar refractivity (Wildman–Crippen MR) is 108 cm³/mol. The molecule has 0 atom stereocenters. The van der Waals surface area contributed by atoms with Crippen LogP contribution in [0, 0.1) is 12.8 Å². The fourth-order valence-electron chi connectivity index (χ4n) is 2.90. The quantitative estimate of drug-likeness (QED) is 0.669. The van der Waals surface area contributed by atoms with Crippen molar-refractivity contribution in [2.75, 3.05) is 0 Å². The van der Waals surface area contributed by atoms with Crippen molar-refractivity contribution in [3.8, 4) is 0 Å². The number of hydrogen-bond acceptors (Lipinski definition) is 3. The van der Waals surface area contributed by atoms with Gasteiger partial charge in [-0.3, -0.25) is 0 Å². The third-order valence-electron chi connectivity index (χ3n) is 4.35. The number of thiazole rings is 1. The molecule has 1 saturated carbocycles. The second kappa shape index (κ2) is 6.97. The molecule has 0 bridgehead atoms. The third-order valence-corrected chi connectivity index (χ3v) is 8.30. The van der Waals surface area contributed by atoms with Gasteiger partial charge in [-0.1, -0.05) is 50.0 Å². The zero-order valence-corrected chi connectivity index (χ0v) is 18.4. The summed E-state index contributed by atoms with van der Waals surface area (Å²) >= 11 is 13.6. The molecule has 1 aliphatic rings. The van der Waals surface area contributed by atoms with Crippen LogP contribution >= 0.6 is 34.5 Å². The van der Waals surface area contributed by atoms with E-state index in [-0.39, 0.29) is 20.4 Å². The zero-order chi connectivity index (χ0) is 19.3. The van der Waals surface area contributed by atoms with Crippen molar-refractivity contribution in [2.45, 2.75) is 57.4 Å². The number of aromatic nitrogens is 1. The summed E-state index contributed by atoms with van der Waals surface area (Å²) in [5, 5.41) is 0.165. The van der Waals surface area contributed by atoms with Crippen LogP contribution in [0.2, 0.25) is 10.0 Å². The number of benzene rings is 1. The third kappa shape index (κ3) is 4.03. The van der Waals surface area contributed by atoms with Gasteiger partial charge < -0.3 is 4.57 Å². The van der Waals surface area contributed by atoms with Gasteiger partial charge in [0.25, 0.3) is 10.0 Å². The molecule has 1 aromatic heterocycles. The minimum atomic E-state index is -4.01. The Kier molecular flexibility index (Phi) is 5.34. The van der Waals surface area contributed by atoms with Gasteiger partial charge in [-0.2, -0.15) is 8.42 Å². The van der Waals surface area contributed by atoms with E-state index in [2.05, 4.69) is 25.2 Å². The smallest absolute Gasteiger partial charge is 0.287 e. The van der Waals surface area contributed by atoms with E-state index in [1.165, 1.54) is 36.3 Å². The molecule has 1 aromatic carbocycles. The van der Waals surface area contributed by atoms with Crippen LogP contribution in [0.5, 0.6) is 0 Å². The topological polar surface area (TPSA) is 51.4 Å². The molecule has 0 spiro atoms. The first-order valence-corrected chi connectivity index (χ1v) is 11.5. The van der Waals surface area contributed by atoms with Gasteiger partial charge in [0.05, 0.1) is 10.0 Å². The molecule has 0 aliphatic heterocycles. The molecule has 3 rings (SSSR count). The molecule has 0 amide bonds. The highest BCUT2D eigenvalue weighted by molar-refractivity contribution is 7.90. The van der Waals surface area contributed by atoms with Crippen LogP contribution in [0.4, 0.5) is 0 Å². The predicted octanol–water partition coefficient (Wildman–Crippen LogP) is 5.16. The lowest BCUT2D eigenvalue weighted by Crippen LogP contribution is -2.20. The molecule has 0 N–H and O–H groups in total. The average Bonchev–Trinajstić information content (AvgIpc) is 3.25. The molecule has 8 heteroatoms. The molecule has 1 fully saturated rings. The molecular formula is C18H22Cl2N2O2S2. The maximum Gasteiger partial charge on any atom is 0.287 e. The lowest BCUT2D eigenvalue weighted by atomic mass is 9.93. The fraction of sp³-hybridized carbons (Fsp3) is 0.500. The summed E-state index contributed by atoms with van der Waals surface area (Å²) in [6.07, 6.45) is 2.35. The Bertz CT molecular complexity index is 991.